The van der Waals surface area contributed by atoms with E-state index in [1.165, 1.54) is 13.1 Å². The maximum atomic E-state index is 14.6. The summed E-state index contributed by atoms with van der Waals surface area (Å²) in [4.78, 5) is 43.3. The summed E-state index contributed by atoms with van der Waals surface area (Å²) in [5.74, 6) is -3.95. The van der Waals surface area contributed by atoms with Gasteiger partial charge in [0.15, 0.2) is 12.6 Å². The zero-order valence-electron chi connectivity index (χ0n) is 47.5. The Kier molecular flexibility index (Phi) is 21.0. The number of fused-ring (bicyclic) bond motifs is 1. The summed E-state index contributed by atoms with van der Waals surface area (Å²) in [6.45, 7) is 19.4. The van der Waals surface area contributed by atoms with Crippen LogP contribution in [0.4, 0.5) is 0 Å². The zero-order valence-corrected chi connectivity index (χ0v) is 47.5. The van der Waals surface area contributed by atoms with Gasteiger partial charge in [-0.05, 0) is 132 Å². The third-order valence-electron chi connectivity index (χ3n) is 16.6. The molecule has 18 atom stereocenters. The molecule has 1 aromatic carbocycles. The monoisotopic (exact) mass is 1070 g/mol. The molecular formula is C57H91N3O16. The van der Waals surface area contributed by atoms with Gasteiger partial charge in [-0.1, -0.05) is 39.0 Å². The molecule has 1 aliphatic carbocycles. The van der Waals surface area contributed by atoms with Crippen molar-refractivity contribution in [2.24, 2.45) is 17.8 Å². The van der Waals surface area contributed by atoms with Gasteiger partial charge in [0.2, 0.25) is 5.43 Å². The number of aromatic nitrogens is 1. The standard InChI is InChI=1S/C57H91N3O16/c1-15-44-57(10,68)49(63)36(6)59(13)30-32(2)28-55(8,67)50(76-54-47(62)43(58(11)12)26-33(3)72-54)34(4)48(35(5)53(66)74-44)75-45-29-56(9,69-14)51(37(7)73-45)71-25-17-24-70-23-16-18-38-19-22-42-40(27-38)46(61)41(52(64)65)31-60(42)39-20-21-39/h16,18-19,22,27,31-37,39,43-45,47-51,54,62-63,67-68H,15,17,20-21,23-26,28-30H2,1-14H3,(H,64,65)/b18-16+/t32-,33-,34+,35-,36-,37+,43+,44-,45+,47-,48+,49-,50-,51+,54+,55-,56-,57-/m1/s1. The second kappa shape index (κ2) is 25.8. The number of carbonyl (C=O) groups excluding carboxylic acids is 1. The van der Waals surface area contributed by atoms with Gasteiger partial charge in [-0.25, -0.2) is 4.79 Å². The molecule has 0 bridgehead atoms. The van der Waals surface area contributed by atoms with Gasteiger partial charge in [0.25, 0.3) is 0 Å². The minimum atomic E-state index is -1.84. The molecular weight excluding hydrogens is 983 g/mol. The lowest BCUT2D eigenvalue weighted by Crippen LogP contribution is -2.61. The molecule has 1 aromatic heterocycles. The molecule has 4 aliphatic rings. The number of cyclic esters (lactones) is 1. The number of carboxylic acids is 1. The minimum Gasteiger partial charge on any atom is -0.477 e. The van der Waals surface area contributed by atoms with Crippen molar-refractivity contribution in [3.63, 3.8) is 0 Å². The number of hydrogen-bond donors (Lipinski definition) is 5. The number of pyridine rings is 1. The van der Waals surface area contributed by atoms with Crippen LogP contribution in [-0.2, 0) is 42.7 Å². The number of nitrogens with zero attached hydrogens (tertiary/aromatic N) is 3. The summed E-state index contributed by atoms with van der Waals surface area (Å²) in [7, 11) is 7.21. The van der Waals surface area contributed by atoms with Gasteiger partial charge in [0.05, 0.1) is 53.7 Å². The van der Waals surface area contributed by atoms with E-state index < -0.39 is 107 Å². The highest BCUT2D eigenvalue weighted by atomic mass is 16.7. The lowest BCUT2D eigenvalue weighted by molar-refractivity contribution is -0.320. The normalized spacial score (nSPS) is 38.8. The highest BCUT2D eigenvalue weighted by Gasteiger charge is 2.53. The van der Waals surface area contributed by atoms with Crippen LogP contribution in [0.25, 0.3) is 17.0 Å². The van der Waals surface area contributed by atoms with Crippen LogP contribution in [0, 0.1) is 17.8 Å². The second-order valence-corrected chi connectivity index (χ2v) is 23.4. The molecule has 3 saturated heterocycles. The van der Waals surface area contributed by atoms with E-state index in [4.69, 9.17) is 37.9 Å². The Balaban J connectivity index is 1.17. The van der Waals surface area contributed by atoms with Crippen LogP contribution in [-0.4, -0.2) is 197 Å². The van der Waals surface area contributed by atoms with Gasteiger partial charge in [-0.2, -0.15) is 0 Å². The van der Waals surface area contributed by atoms with Crippen LogP contribution in [0.3, 0.4) is 0 Å². The Morgan fingerprint density at radius 1 is 0.961 bits per heavy atom. The third-order valence-corrected chi connectivity index (χ3v) is 16.6. The van der Waals surface area contributed by atoms with Crippen molar-refractivity contribution in [2.45, 2.75) is 211 Å². The molecule has 0 unspecified atom stereocenters. The molecule has 4 heterocycles. The minimum absolute atomic E-state index is 0.176. The molecule has 4 fully saturated rings. The third kappa shape index (κ3) is 14.3. The fraction of sp³-hybridized carbons (Fsp3) is 0.772. The summed E-state index contributed by atoms with van der Waals surface area (Å²) < 4.78 is 53.3. The first-order valence-electron chi connectivity index (χ1n) is 27.5. The topological polar surface area (TPSA) is 238 Å². The number of benzene rings is 1. The van der Waals surface area contributed by atoms with E-state index in [0.717, 1.165) is 23.9 Å². The van der Waals surface area contributed by atoms with Crippen molar-refractivity contribution in [3.8, 4) is 0 Å². The van der Waals surface area contributed by atoms with Gasteiger partial charge in [-0.15, -0.1) is 0 Å². The first-order chi connectivity index (χ1) is 35.6. The van der Waals surface area contributed by atoms with Crippen LogP contribution in [0.5, 0.6) is 0 Å². The Hall–Kier alpha value is -3.41. The smallest absolute Gasteiger partial charge is 0.341 e. The van der Waals surface area contributed by atoms with Crippen LogP contribution in [0.1, 0.15) is 136 Å². The molecule has 0 amide bonds. The van der Waals surface area contributed by atoms with Crippen molar-refractivity contribution < 1.29 is 73.0 Å². The van der Waals surface area contributed by atoms with E-state index in [2.05, 4.69) is 0 Å². The Morgan fingerprint density at radius 2 is 1.66 bits per heavy atom. The molecule has 1 saturated carbocycles. The van der Waals surface area contributed by atoms with Crippen LogP contribution in [0.15, 0.2) is 35.3 Å². The van der Waals surface area contributed by atoms with Gasteiger partial charge in [0, 0.05) is 68.9 Å². The molecule has 5 N–H and O–H groups in total. The van der Waals surface area contributed by atoms with Gasteiger partial charge in [0.1, 0.15) is 35.6 Å². The Bertz CT molecular complexity index is 2340. The number of ether oxygens (including phenoxy) is 8. The quantitative estimate of drug-likeness (QED) is 0.0986. The molecule has 0 spiro atoms. The lowest BCUT2D eigenvalue weighted by Gasteiger charge is -2.49. The average Bonchev–Trinajstić information content (AvgIpc) is 4.20. The number of esters is 1. The summed E-state index contributed by atoms with van der Waals surface area (Å²) in [6, 6.07) is 4.81. The number of rotatable bonds is 17. The number of carboxylic acid groups (broad SMARTS) is 1. The van der Waals surface area contributed by atoms with E-state index in [0.29, 0.717) is 44.6 Å². The predicted molar refractivity (Wildman–Crippen MR) is 286 cm³/mol. The van der Waals surface area contributed by atoms with Gasteiger partial charge >= 0.3 is 11.9 Å². The number of carbonyl (C=O) groups is 2. The lowest BCUT2D eigenvalue weighted by atomic mass is 9.77. The fourth-order valence-electron chi connectivity index (χ4n) is 12.0. The van der Waals surface area contributed by atoms with Crippen LogP contribution in [0.2, 0.25) is 0 Å². The summed E-state index contributed by atoms with van der Waals surface area (Å²) >= 11 is 0. The first-order valence-corrected chi connectivity index (χ1v) is 27.5. The van der Waals surface area contributed by atoms with E-state index >= 15 is 0 Å². The molecule has 19 nitrogen and oxygen atoms in total. The summed E-state index contributed by atoms with van der Waals surface area (Å²) in [5, 5.41) is 58.2. The Morgan fingerprint density at radius 3 is 2.29 bits per heavy atom. The number of likely N-dealkylation sites (N-methyl/N-ethyl adjacent to an activating group) is 2. The molecule has 76 heavy (non-hydrogen) atoms. The number of methoxy groups -OCH3 is 1. The molecule has 430 valence electrons. The zero-order chi connectivity index (χ0) is 56.2. The largest absolute Gasteiger partial charge is 0.477 e. The number of aliphatic hydroxyl groups excluding tert-OH is 2. The van der Waals surface area contributed by atoms with E-state index in [-0.39, 0.29) is 48.9 Å². The Labute approximate surface area is 449 Å². The number of aliphatic hydroxyl groups is 4. The maximum Gasteiger partial charge on any atom is 0.341 e. The van der Waals surface area contributed by atoms with Crippen molar-refractivity contribution in [2.75, 3.05) is 54.6 Å². The SMILES string of the molecule is CC[C@H]1OC(=O)[C@H](C)[C@@H](O[C@H]2C[C@@](C)(OC)[C@@H](OCCCOC/C=C/c3ccc4c(c3)c(=O)c(C(=O)O)cn4C3CC3)[C@H](C)O2)[C@H](C)[C@@H](O[C@@H]2O[C@H](C)C[C@H](N(C)C)[C@H]2O)[C@](C)(O)C[C@@H](C)CN(C)[C@H](C)[C@@H](O)[C@]1(C)O. The first kappa shape index (κ1) is 61.8. The maximum absolute atomic E-state index is 14.6. The summed E-state index contributed by atoms with van der Waals surface area (Å²) in [6.07, 6.45) is -0.398. The number of aromatic carboxylic acids is 1. The fourth-order valence-corrected chi connectivity index (χ4v) is 12.0. The van der Waals surface area contributed by atoms with E-state index in [1.807, 2.05) is 94.4 Å². The van der Waals surface area contributed by atoms with Crippen LogP contribution < -0.4 is 5.43 Å². The molecule has 0 radical (unpaired) electrons. The van der Waals surface area contributed by atoms with Crippen LogP contribution >= 0.6 is 0 Å². The molecule has 2 aromatic rings. The van der Waals surface area contributed by atoms with E-state index in [9.17, 15) is 39.9 Å². The average molecular weight is 1070 g/mol. The summed E-state index contributed by atoms with van der Waals surface area (Å²) in [5.41, 5.74) is -3.64. The molecule has 6 rings (SSSR count). The highest BCUT2D eigenvalue weighted by molar-refractivity contribution is 5.93. The van der Waals surface area contributed by atoms with Crippen molar-refractivity contribution in [1.29, 1.82) is 0 Å². The van der Waals surface area contributed by atoms with Crippen molar-refractivity contribution in [1.82, 2.24) is 14.4 Å². The predicted octanol–water partition coefficient (Wildman–Crippen LogP) is 5.39. The van der Waals surface area contributed by atoms with Crippen molar-refractivity contribution >= 4 is 28.9 Å². The van der Waals surface area contributed by atoms with Crippen molar-refractivity contribution in [3.05, 3.63) is 51.8 Å². The van der Waals surface area contributed by atoms with E-state index in [1.54, 1.807) is 40.9 Å². The number of hydrogen-bond acceptors (Lipinski definition) is 17. The highest BCUT2D eigenvalue weighted by Crippen LogP contribution is 2.41. The van der Waals surface area contributed by atoms with Gasteiger partial charge < -0.3 is 77.8 Å². The second-order valence-electron chi connectivity index (χ2n) is 23.4. The molecule has 3 aliphatic heterocycles. The van der Waals surface area contributed by atoms with Gasteiger partial charge in [-0.3, -0.25) is 9.59 Å². The molecule has 19 heteroatoms.